The molecule has 0 aliphatic heterocycles. The fourth-order valence-electron chi connectivity index (χ4n) is 9.70. The summed E-state index contributed by atoms with van der Waals surface area (Å²) in [5, 5.41) is 0. The lowest BCUT2D eigenvalue weighted by Crippen LogP contribution is -2.62. The first-order valence-electron chi connectivity index (χ1n) is 13.6. The fraction of sp³-hybridized carbons (Fsp3) is 0.862. The molecule has 4 nitrogen and oxygen atoms in total. The van der Waals surface area contributed by atoms with Crippen molar-refractivity contribution in [1.82, 2.24) is 0 Å². The van der Waals surface area contributed by atoms with Gasteiger partial charge < -0.3 is 9.47 Å². The Bertz CT molecular complexity index is 774. The number of ether oxygens (including phenoxy) is 2. The zero-order valence-corrected chi connectivity index (χ0v) is 21.8. The molecule has 4 fully saturated rings. The van der Waals surface area contributed by atoms with E-state index in [2.05, 4.69) is 33.8 Å². The number of fused-ring (bicyclic) bond motifs is 5. The highest BCUT2D eigenvalue weighted by atomic mass is 16.5. The first-order chi connectivity index (χ1) is 15.7. The molecule has 0 amide bonds. The van der Waals surface area contributed by atoms with Crippen molar-refractivity contribution in [1.29, 1.82) is 0 Å². The number of esters is 2. The van der Waals surface area contributed by atoms with E-state index in [1.54, 1.807) is 13.0 Å². The molecule has 4 aliphatic carbocycles. The van der Waals surface area contributed by atoms with Crippen LogP contribution in [-0.4, -0.2) is 25.2 Å². The van der Waals surface area contributed by atoms with Crippen LogP contribution < -0.4 is 0 Å². The normalized spacial score (nSPS) is 45.6. The summed E-state index contributed by atoms with van der Waals surface area (Å²) in [5.41, 5.74) is 0.617. The smallest absolute Gasteiger partial charge is 0.330 e. The van der Waals surface area contributed by atoms with Gasteiger partial charge >= 0.3 is 11.9 Å². The van der Waals surface area contributed by atoms with E-state index in [0.29, 0.717) is 46.8 Å². The maximum absolute atomic E-state index is 12.3. The maximum Gasteiger partial charge on any atom is 0.330 e. The van der Waals surface area contributed by atoms with Gasteiger partial charge in [-0.3, -0.25) is 4.79 Å². The lowest BCUT2D eigenvalue weighted by molar-refractivity contribution is -0.210. The van der Waals surface area contributed by atoms with E-state index in [1.165, 1.54) is 58.5 Å². The van der Waals surface area contributed by atoms with Crippen molar-refractivity contribution in [2.24, 2.45) is 52.3 Å². The third kappa shape index (κ3) is 4.08. The molecule has 0 bridgehead atoms. The molecule has 0 aromatic heterocycles. The average Bonchev–Trinajstić information content (AvgIpc) is 3.14. The van der Waals surface area contributed by atoms with Crippen LogP contribution in [0.2, 0.25) is 0 Å². The lowest BCUT2D eigenvalue weighted by Gasteiger charge is -2.64. The Labute approximate surface area is 201 Å². The van der Waals surface area contributed by atoms with Crippen LogP contribution in [0.3, 0.4) is 0 Å². The first kappa shape index (κ1) is 24.8. The van der Waals surface area contributed by atoms with Crippen molar-refractivity contribution in [2.45, 2.75) is 98.5 Å². The van der Waals surface area contributed by atoms with E-state index in [1.807, 2.05) is 0 Å². The molecular formula is C29H46O4. The summed E-state index contributed by atoms with van der Waals surface area (Å²) in [6.45, 7) is 11.3. The largest absolute Gasteiger partial charge is 0.466 e. The summed E-state index contributed by atoms with van der Waals surface area (Å²) in [6.07, 6.45) is 15.1. The van der Waals surface area contributed by atoms with Crippen molar-refractivity contribution in [3.63, 3.8) is 0 Å². The van der Waals surface area contributed by atoms with Crippen molar-refractivity contribution in [3.05, 3.63) is 12.2 Å². The summed E-state index contributed by atoms with van der Waals surface area (Å²) in [7, 11) is 1.44. The van der Waals surface area contributed by atoms with Crippen molar-refractivity contribution in [2.75, 3.05) is 7.11 Å². The van der Waals surface area contributed by atoms with Gasteiger partial charge in [0, 0.05) is 18.9 Å². The lowest BCUT2D eigenvalue weighted by atomic mass is 9.41. The van der Waals surface area contributed by atoms with E-state index in [0.717, 1.165) is 6.42 Å². The quantitative estimate of drug-likeness (QED) is 0.345. The SMILES string of the molecule is CC[C@H]1[C@@H](OC(C)=O)[C@@H]2[C@H](CC[C@]3(C)[C@@H]([C@H](C)/C=C/C(=O)OC)CC[C@@H]23)[C@@]2(C)CCCC[C@@H]12. The van der Waals surface area contributed by atoms with Gasteiger partial charge in [0.2, 0.25) is 0 Å². The van der Waals surface area contributed by atoms with E-state index in [9.17, 15) is 9.59 Å². The van der Waals surface area contributed by atoms with Gasteiger partial charge in [-0.1, -0.05) is 46.6 Å². The molecule has 0 N–H and O–H groups in total. The van der Waals surface area contributed by atoms with Crippen LogP contribution in [0.15, 0.2) is 12.2 Å². The highest BCUT2D eigenvalue weighted by molar-refractivity contribution is 5.81. The zero-order chi connectivity index (χ0) is 24.0. The topological polar surface area (TPSA) is 52.6 Å². The highest BCUT2D eigenvalue weighted by Gasteiger charge is 2.65. The summed E-state index contributed by atoms with van der Waals surface area (Å²) in [6, 6.07) is 0. The van der Waals surface area contributed by atoms with Gasteiger partial charge in [0.1, 0.15) is 6.10 Å². The number of carbonyl (C=O) groups is 2. The van der Waals surface area contributed by atoms with Gasteiger partial charge in [0.15, 0.2) is 0 Å². The Kier molecular flexibility index (Phi) is 7.05. The van der Waals surface area contributed by atoms with Crippen molar-refractivity contribution >= 4 is 11.9 Å². The van der Waals surface area contributed by atoms with E-state index in [-0.39, 0.29) is 23.5 Å². The number of carbonyl (C=O) groups excluding carboxylic acids is 2. The zero-order valence-electron chi connectivity index (χ0n) is 21.8. The molecule has 0 heterocycles. The Balaban J connectivity index is 1.69. The summed E-state index contributed by atoms with van der Waals surface area (Å²) in [5.74, 6) is 3.41. The van der Waals surface area contributed by atoms with Crippen LogP contribution in [0.25, 0.3) is 0 Å². The third-order valence-corrected chi connectivity index (χ3v) is 11.0. The number of allylic oxidation sites excluding steroid dienone is 1. The Morgan fingerprint density at radius 1 is 1.00 bits per heavy atom. The van der Waals surface area contributed by atoms with Crippen LogP contribution in [0, 0.1) is 52.3 Å². The van der Waals surface area contributed by atoms with E-state index >= 15 is 0 Å². The van der Waals surface area contributed by atoms with E-state index < -0.39 is 0 Å². The maximum atomic E-state index is 12.3. The van der Waals surface area contributed by atoms with Gasteiger partial charge in [0.25, 0.3) is 0 Å². The number of hydrogen-bond donors (Lipinski definition) is 0. The van der Waals surface area contributed by atoms with Gasteiger partial charge in [0.05, 0.1) is 7.11 Å². The molecule has 4 rings (SSSR count). The minimum Gasteiger partial charge on any atom is -0.466 e. The second kappa shape index (κ2) is 9.38. The Morgan fingerprint density at radius 2 is 1.73 bits per heavy atom. The Morgan fingerprint density at radius 3 is 2.39 bits per heavy atom. The number of methoxy groups -OCH3 is 1. The van der Waals surface area contributed by atoms with Crippen molar-refractivity contribution in [3.8, 4) is 0 Å². The molecule has 10 atom stereocenters. The minimum absolute atomic E-state index is 0.0676. The average molecular weight is 459 g/mol. The molecule has 0 aromatic rings. The molecule has 0 saturated heterocycles. The molecule has 0 aromatic carbocycles. The molecule has 0 radical (unpaired) electrons. The molecule has 33 heavy (non-hydrogen) atoms. The first-order valence-corrected chi connectivity index (χ1v) is 13.6. The van der Waals surface area contributed by atoms with Gasteiger partial charge in [-0.25, -0.2) is 4.79 Å². The summed E-state index contributed by atoms with van der Waals surface area (Å²) >= 11 is 0. The van der Waals surface area contributed by atoms with Gasteiger partial charge in [-0.05, 0) is 91.3 Å². The molecule has 0 spiro atoms. The summed E-state index contributed by atoms with van der Waals surface area (Å²) in [4.78, 5) is 24.0. The molecule has 4 aliphatic rings. The third-order valence-electron chi connectivity index (χ3n) is 11.0. The van der Waals surface area contributed by atoms with Crippen LogP contribution in [0.1, 0.15) is 92.4 Å². The minimum atomic E-state index is -0.269. The number of rotatable bonds is 5. The molecule has 186 valence electrons. The second-order valence-corrected chi connectivity index (χ2v) is 12.3. The van der Waals surface area contributed by atoms with Gasteiger partial charge in [-0.2, -0.15) is 0 Å². The van der Waals surface area contributed by atoms with Crippen molar-refractivity contribution < 1.29 is 19.1 Å². The predicted molar refractivity (Wildman–Crippen MR) is 130 cm³/mol. The molecule has 4 heteroatoms. The standard InChI is InChI=1S/C29H46O4/c1-7-20-22-10-8-9-16-28(22,4)24-15-17-29(5)21(18(2)11-14-25(31)32-6)12-13-23(29)26(24)27(20)33-19(3)30/h11,14,18,20-24,26-27H,7-10,12-13,15-17H2,1-6H3/b14-11+/t18-,20-,21-,22+,23+,24+,26+,27-,28+,29-/m1/s1. The van der Waals surface area contributed by atoms with E-state index in [4.69, 9.17) is 9.47 Å². The highest BCUT2D eigenvalue weighted by Crippen LogP contribution is 2.69. The van der Waals surface area contributed by atoms with Crippen LogP contribution in [-0.2, 0) is 19.1 Å². The summed E-state index contributed by atoms with van der Waals surface area (Å²) < 4.78 is 11.1. The predicted octanol–water partition coefficient (Wildman–Crippen LogP) is 6.58. The molecule has 0 unspecified atom stereocenters. The monoisotopic (exact) mass is 458 g/mol. The fourth-order valence-corrected chi connectivity index (χ4v) is 9.70. The van der Waals surface area contributed by atoms with Crippen LogP contribution in [0.4, 0.5) is 0 Å². The Hall–Kier alpha value is -1.32. The van der Waals surface area contributed by atoms with Crippen LogP contribution >= 0.6 is 0 Å². The second-order valence-electron chi connectivity index (χ2n) is 12.3. The molecule has 4 saturated carbocycles. The van der Waals surface area contributed by atoms with Crippen LogP contribution in [0.5, 0.6) is 0 Å². The molecular weight excluding hydrogens is 412 g/mol. The van der Waals surface area contributed by atoms with Gasteiger partial charge in [-0.15, -0.1) is 0 Å². The number of hydrogen-bond acceptors (Lipinski definition) is 4.